The Labute approximate surface area is 229 Å². The lowest BCUT2D eigenvalue weighted by atomic mass is 10.0. The van der Waals surface area contributed by atoms with Crippen LogP contribution < -0.4 is 16.4 Å². The van der Waals surface area contributed by atoms with E-state index in [-0.39, 0.29) is 17.4 Å². The van der Waals surface area contributed by atoms with Crippen LogP contribution in [0.5, 0.6) is 0 Å². The molecule has 0 unspecified atom stereocenters. The van der Waals surface area contributed by atoms with Gasteiger partial charge in [0.25, 0.3) is 5.91 Å². The van der Waals surface area contributed by atoms with Gasteiger partial charge in [0.05, 0.1) is 10.5 Å². The molecule has 4 aromatic rings. The number of aryl methyl sites for hydroxylation is 1. The van der Waals surface area contributed by atoms with Crippen LogP contribution in [0.25, 0.3) is 11.1 Å². The fourth-order valence-electron chi connectivity index (χ4n) is 3.90. The first-order valence-corrected chi connectivity index (χ1v) is 12.5. The molecular formula is C26H25Cl2N7O3. The van der Waals surface area contributed by atoms with Gasteiger partial charge in [-0.05, 0) is 48.7 Å². The molecule has 196 valence electrons. The van der Waals surface area contributed by atoms with Gasteiger partial charge in [0.2, 0.25) is 5.82 Å². The van der Waals surface area contributed by atoms with Crippen LogP contribution in [-0.4, -0.2) is 38.5 Å². The normalized spacial score (nSPS) is 10.8. The van der Waals surface area contributed by atoms with E-state index in [0.29, 0.717) is 65.0 Å². The molecule has 0 atom stereocenters. The molecule has 10 nitrogen and oxygen atoms in total. The predicted octanol–water partition coefficient (Wildman–Crippen LogP) is 5.22. The van der Waals surface area contributed by atoms with Crippen LogP contribution in [0.4, 0.5) is 17.3 Å². The molecule has 3 aromatic heterocycles. The van der Waals surface area contributed by atoms with Gasteiger partial charge in [-0.1, -0.05) is 29.3 Å². The van der Waals surface area contributed by atoms with Crippen molar-refractivity contribution in [1.29, 1.82) is 0 Å². The summed E-state index contributed by atoms with van der Waals surface area (Å²) < 4.78 is 1.93. The van der Waals surface area contributed by atoms with Crippen LogP contribution >= 0.6 is 23.2 Å². The molecule has 0 radical (unpaired) electrons. The minimum absolute atomic E-state index is 0.144. The number of amides is 1. The standard InChI is InChI=1S/C26H25Cl2N7O3/c27-18-2-3-19(22(28)14-18)20-15-34(13-1-9-31-24-5-4-23(35(37)38)25(29)33-24)16-21(20)26(36)32-12-8-17-6-10-30-11-7-17/h2-7,10-11,14-16H,1,8-9,12-13H2,(H,32,36)(H3,29,31,33). The molecule has 0 bridgehead atoms. The third-order valence-electron chi connectivity index (χ3n) is 5.79. The fourth-order valence-corrected chi connectivity index (χ4v) is 4.41. The average molecular weight is 554 g/mol. The number of nitrogens with one attached hydrogen (secondary N) is 2. The summed E-state index contributed by atoms with van der Waals surface area (Å²) in [7, 11) is 0. The quantitative estimate of drug-likeness (QED) is 0.131. The maximum atomic E-state index is 13.2. The second kappa shape index (κ2) is 12.4. The Bertz CT molecular complexity index is 1440. The lowest BCUT2D eigenvalue weighted by Gasteiger charge is -2.08. The van der Waals surface area contributed by atoms with E-state index >= 15 is 0 Å². The Morgan fingerprint density at radius 1 is 1.05 bits per heavy atom. The number of carbonyl (C=O) groups is 1. The molecule has 0 saturated carbocycles. The minimum atomic E-state index is -0.574. The van der Waals surface area contributed by atoms with E-state index in [0.717, 1.165) is 5.56 Å². The third kappa shape index (κ3) is 6.78. The first kappa shape index (κ1) is 26.9. The van der Waals surface area contributed by atoms with Gasteiger partial charge in [0.15, 0.2) is 0 Å². The van der Waals surface area contributed by atoms with Crippen LogP contribution in [0.2, 0.25) is 10.0 Å². The van der Waals surface area contributed by atoms with Gasteiger partial charge in [-0.25, -0.2) is 4.98 Å². The smallest absolute Gasteiger partial charge is 0.311 e. The molecule has 38 heavy (non-hydrogen) atoms. The monoisotopic (exact) mass is 553 g/mol. The number of nitrogen functional groups attached to an aromatic ring is 1. The molecule has 4 rings (SSSR count). The van der Waals surface area contributed by atoms with Crippen LogP contribution in [0.1, 0.15) is 22.3 Å². The van der Waals surface area contributed by atoms with Crippen molar-refractivity contribution in [3.8, 4) is 11.1 Å². The number of hydrogen-bond acceptors (Lipinski definition) is 7. The molecule has 0 spiro atoms. The zero-order chi connectivity index (χ0) is 27.1. The van der Waals surface area contributed by atoms with Crippen LogP contribution in [0.15, 0.2) is 67.3 Å². The minimum Gasteiger partial charge on any atom is -0.378 e. The van der Waals surface area contributed by atoms with E-state index in [1.165, 1.54) is 12.1 Å². The highest BCUT2D eigenvalue weighted by atomic mass is 35.5. The van der Waals surface area contributed by atoms with Gasteiger partial charge in [0.1, 0.15) is 5.82 Å². The van der Waals surface area contributed by atoms with Crippen molar-refractivity contribution in [3.63, 3.8) is 0 Å². The summed E-state index contributed by atoms with van der Waals surface area (Å²) in [6, 6.07) is 11.8. The third-order valence-corrected chi connectivity index (χ3v) is 6.34. The van der Waals surface area contributed by atoms with Crippen LogP contribution in [-0.2, 0) is 13.0 Å². The van der Waals surface area contributed by atoms with Crippen molar-refractivity contribution in [1.82, 2.24) is 19.9 Å². The number of benzene rings is 1. The lowest BCUT2D eigenvalue weighted by Crippen LogP contribution is -2.25. The molecule has 0 saturated heterocycles. The Kier molecular flexibility index (Phi) is 8.77. The first-order chi connectivity index (χ1) is 18.3. The lowest BCUT2D eigenvalue weighted by molar-refractivity contribution is -0.384. The molecule has 1 aromatic carbocycles. The highest BCUT2D eigenvalue weighted by Gasteiger charge is 2.18. The highest BCUT2D eigenvalue weighted by Crippen LogP contribution is 2.33. The van der Waals surface area contributed by atoms with E-state index < -0.39 is 4.92 Å². The molecule has 0 aliphatic heterocycles. The summed E-state index contributed by atoms with van der Waals surface area (Å²) >= 11 is 12.6. The number of rotatable bonds is 11. The number of aromatic nitrogens is 3. The van der Waals surface area contributed by atoms with Crippen LogP contribution in [0.3, 0.4) is 0 Å². The molecule has 0 fully saturated rings. The summed E-state index contributed by atoms with van der Waals surface area (Å²) in [6.45, 7) is 1.60. The number of anilines is 2. The zero-order valence-corrected chi connectivity index (χ0v) is 21.7. The average Bonchev–Trinajstić information content (AvgIpc) is 3.31. The number of halogens is 2. The Hall–Kier alpha value is -4.15. The van der Waals surface area contributed by atoms with Crippen molar-refractivity contribution in [3.05, 3.63) is 98.5 Å². The maximum Gasteiger partial charge on any atom is 0.311 e. The number of pyridine rings is 2. The number of nitro groups is 1. The van der Waals surface area contributed by atoms with E-state index in [1.54, 1.807) is 36.8 Å². The molecule has 1 amide bonds. The largest absolute Gasteiger partial charge is 0.378 e. The van der Waals surface area contributed by atoms with E-state index in [2.05, 4.69) is 20.6 Å². The summed E-state index contributed by atoms with van der Waals surface area (Å²) in [6.07, 6.45) is 8.49. The van der Waals surface area contributed by atoms with Gasteiger partial charge in [-0.3, -0.25) is 19.9 Å². The Balaban J connectivity index is 1.44. The van der Waals surface area contributed by atoms with Gasteiger partial charge < -0.3 is 20.9 Å². The number of nitrogens with zero attached hydrogens (tertiary/aromatic N) is 4. The Morgan fingerprint density at radius 3 is 2.55 bits per heavy atom. The molecule has 0 aliphatic carbocycles. The fraction of sp³-hybridized carbons (Fsp3) is 0.192. The SMILES string of the molecule is Nc1nc(NCCCn2cc(C(=O)NCCc3ccncc3)c(-c3ccc(Cl)cc3Cl)c2)ccc1[N+](=O)[O-]. The van der Waals surface area contributed by atoms with Gasteiger partial charge in [-0.15, -0.1) is 0 Å². The maximum absolute atomic E-state index is 13.2. The summed E-state index contributed by atoms with van der Waals surface area (Å²) in [5.74, 6) is 0.0977. The van der Waals surface area contributed by atoms with E-state index in [1.807, 2.05) is 22.9 Å². The summed E-state index contributed by atoms with van der Waals surface area (Å²) in [4.78, 5) is 31.5. The predicted molar refractivity (Wildman–Crippen MR) is 149 cm³/mol. The summed E-state index contributed by atoms with van der Waals surface area (Å²) in [5.41, 5.74) is 8.41. The number of nitrogens with two attached hydrogens (primary N) is 1. The second-order valence-corrected chi connectivity index (χ2v) is 9.29. The van der Waals surface area contributed by atoms with Gasteiger partial charge >= 0.3 is 5.69 Å². The van der Waals surface area contributed by atoms with Crippen molar-refractivity contribution in [2.24, 2.45) is 0 Å². The molecule has 0 aliphatic rings. The summed E-state index contributed by atoms with van der Waals surface area (Å²) in [5, 5.41) is 18.0. The molecule has 4 N–H and O–H groups in total. The van der Waals surface area contributed by atoms with E-state index in [4.69, 9.17) is 28.9 Å². The number of hydrogen-bond donors (Lipinski definition) is 3. The second-order valence-electron chi connectivity index (χ2n) is 8.45. The van der Waals surface area contributed by atoms with Crippen molar-refractivity contribution >= 4 is 46.4 Å². The molecular weight excluding hydrogens is 529 g/mol. The Morgan fingerprint density at radius 2 is 1.84 bits per heavy atom. The van der Waals surface area contributed by atoms with Gasteiger partial charge in [0, 0.05) is 71.7 Å². The highest BCUT2D eigenvalue weighted by molar-refractivity contribution is 6.36. The van der Waals surface area contributed by atoms with E-state index in [9.17, 15) is 14.9 Å². The molecule has 3 heterocycles. The van der Waals surface area contributed by atoms with Crippen LogP contribution in [0, 0.1) is 10.1 Å². The topological polar surface area (TPSA) is 141 Å². The molecule has 12 heteroatoms. The van der Waals surface area contributed by atoms with Crippen molar-refractivity contribution < 1.29 is 9.72 Å². The van der Waals surface area contributed by atoms with Gasteiger partial charge in [-0.2, -0.15) is 0 Å². The van der Waals surface area contributed by atoms with Crippen molar-refractivity contribution in [2.45, 2.75) is 19.4 Å². The number of carbonyl (C=O) groups excluding carboxylic acids is 1. The first-order valence-electron chi connectivity index (χ1n) is 11.8. The zero-order valence-electron chi connectivity index (χ0n) is 20.2. The van der Waals surface area contributed by atoms with Crippen molar-refractivity contribution in [2.75, 3.05) is 24.1 Å².